The zero-order valence-corrected chi connectivity index (χ0v) is 10.1. The molecule has 0 aromatic carbocycles. The van der Waals surface area contributed by atoms with E-state index in [2.05, 4.69) is 15.2 Å². The molecule has 0 saturated carbocycles. The summed E-state index contributed by atoms with van der Waals surface area (Å²) in [7, 11) is 0. The van der Waals surface area contributed by atoms with Gasteiger partial charge in [-0.1, -0.05) is 6.92 Å². The Morgan fingerprint density at radius 2 is 2.37 bits per heavy atom. The van der Waals surface area contributed by atoms with E-state index in [1.54, 1.807) is 6.07 Å². The monoisotopic (exact) mass is 264 g/mol. The quantitative estimate of drug-likeness (QED) is 0.824. The van der Waals surface area contributed by atoms with E-state index in [4.69, 9.17) is 9.52 Å². The van der Waals surface area contributed by atoms with Crippen molar-refractivity contribution in [1.29, 1.82) is 0 Å². The minimum atomic E-state index is -1.00. The summed E-state index contributed by atoms with van der Waals surface area (Å²) in [5.41, 5.74) is 0. The molecule has 2 rings (SSSR count). The van der Waals surface area contributed by atoms with Crippen molar-refractivity contribution in [2.75, 3.05) is 11.4 Å². The molecule has 1 atom stereocenters. The van der Waals surface area contributed by atoms with Gasteiger partial charge in [0.05, 0.1) is 12.2 Å². The lowest BCUT2D eigenvalue weighted by Gasteiger charge is -2.20. The number of hydrogen-bond acceptors (Lipinski definition) is 5. The molecular weight excluding hydrogens is 252 g/mol. The Morgan fingerprint density at radius 1 is 1.58 bits per heavy atom. The van der Waals surface area contributed by atoms with Crippen LogP contribution in [0, 0.1) is 5.92 Å². The van der Waals surface area contributed by atoms with Gasteiger partial charge in [-0.2, -0.15) is 10.1 Å². The third kappa shape index (κ3) is 2.79. The number of nitrogens with one attached hydrogen (secondary N) is 1. The molecule has 0 saturated heterocycles. The van der Waals surface area contributed by atoms with Crippen LogP contribution in [0.1, 0.15) is 17.5 Å². The fourth-order valence-corrected chi connectivity index (χ4v) is 1.48. The van der Waals surface area contributed by atoms with Crippen LogP contribution in [0.15, 0.2) is 29.1 Å². The fraction of sp³-hybridized carbons (Fsp3) is 0.273. The normalized spacial score (nSPS) is 12.1. The second-order valence-corrected chi connectivity index (χ2v) is 3.94. The lowest BCUT2D eigenvalue weighted by Crippen LogP contribution is -2.37. The van der Waals surface area contributed by atoms with Gasteiger partial charge < -0.3 is 9.52 Å². The maximum Gasteiger partial charge on any atom is 0.308 e. The molecule has 0 fully saturated rings. The minimum absolute atomic E-state index is 0.0376. The number of aromatic amines is 1. The van der Waals surface area contributed by atoms with Crippen LogP contribution in [-0.4, -0.2) is 38.7 Å². The number of furan rings is 1. The van der Waals surface area contributed by atoms with Crippen molar-refractivity contribution in [2.45, 2.75) is 6.92 Å². The number of rotatable bonds is 5. The van der Waals surface area contributed by atoms with Crippen LogP contribution in [0.2, 0.25) is 0 Å². The number of aliphatic carboxylic acids is 1. The first-order valence-corrected chi connectivity index (χ1v) is 5.53. The predicted octanol–water partition coefficient (Wildman–Crippen LogP) is 0.765. The lowest BCUT2D eigenvalue weighted by molar-refractivity contribution is -0.140. The molecule has 8 nitrogen and oxygen atoms in total. The number of aromatic nitrogens is 3. The summed E-state index contributed by atoms with van der Waals surface area (Å²) in [5, 5.41) is 15.1. The molecule has 0 aliphatic heterocycles. The summed E-state index contributed by atoms with van der Waals surface area (Å²) >= 11 is 0. The summed E-state index contributed by atoms with van der Waals surface area (Å²) < 4.78 is 5.02. The van der Waals surface area contributed by atoms with Gasteiger partial charge in [0.25, 0.3) is 5.91 Å². The summed E-state index contributed by atoms with van der Waals surface area (Å²) in [6.45, 7) is 1.46. The van der Waals surface area contributed by atoms with Crippen molar-refractivity contribution in [1.82, 2.24) is 15.2 Å². The van der Waals surface area contributed by atoms with Crippen molar-refractivity contribution >= 4 is 17.8 Å². The van der Waals surface area contributed by atoms with Gasteiger partial charge in [-0.25, -0.2) is 5.10 Å². The maximum atomic E-state index is 12.2. The molecule has 100 valence electrons. The van der Waals surface area contributed by atoms with E-state index in [0.717, 1.165) is 0 Å². The van der Waals surface area contributed by atoms with Gasteiger partial charge in [-0.3, -0.25) is 14.5 Å². The van der Waals surface area contributed by atoms with Crippen LogP contribution in [0.25, 0.3) is 0 Å². The van der Waals surface area contributed by atoms with Crippen LogP contribution in [0.5, 0.6) is 0 Å². The van der Waals surface area contributed by atoms with Gasteiger partial charge in [-0.05, 0) is 12.1 Å². The molecule has 0 aliphatic rings. The molecule has 2 heterocycles. The molecule has 1 unspecified atom stereocenters. The number of H-pyrrole nitrogens is 1. The van der Waals surface area contributed by atoms with Crippen molar-refractivity contribution in [2.24, 2.45) is 5.92 Å². The number of carboxylic acid groups (broad SMARTS) is 1. The third-order valence-corrected chi connectivity index (χ3v) is 2.51. The highest BCUT2D eigenvalue weighted by Gasteiger charge is 2.26. The Morgan fingerprint density at radius 3 is 2.89 bits per heavy atom. The third-order valence-electron chi connectivity index (χ3n) is 2.51. The zero-order chi connectivity index (χ0) is 13.8. The predicted molar refractivity (Wildman–Crippen MR) is 63.6 cm³/mol. The molecule has 2 aromatic rings. The van der Waals surface area contributed by atoms with E-state index < -0.39 is 17.8 Å². The van der Waals surface area contributed by atoms with Crippen molar-refractivity contribution < 1.29 is 19.1 Å². The Kier molecular flexibility index (Phi) is 3.60. The molecular formula is C11H12N4O4. The van der Waals surface area contributed by atoms with Crippen LogP contribution in [0.3, 0.4) is 0 Å². The molecule has 0 spiro atoms. The van der Waals surface area contributed by atoms with E-state index in [0.29, 0.717) is 0 Å². The van der Waals surface area contributed by atoms with E-state index in [9.17, 15) is 9.59 Å². The smallest absolute Gasteiger partial charge is 0.308 e. The highest BCUT2D eigenvalue weighted by molar-refractivity contribution is 6.03. The first-order valence-electron chi connectivity index (χ1n) is 5.53. The fourth-order valence-electron chi connectivity index (χ4n) is 1.48. The second-order valence-electron chi connectivity index (χ2n) is 3.94. The number of carbonyl (C=O) groups is 2. The van der Waals surface area contributed by atoms with Gasteiger partial charge in [0.1, 0.15) is 6.33 Å². The van der Waals surface area contributed by atoms with E-state index in [1.807, 2.05) is 0 Å². The SMILES string of the molecule is CC(CN(C(=O)c1ccco1)c1ncn[nH]1)C(=O)O. The summed E-state index contributed by atoms with van der Waals surface area (Å²) in [6.07, 6.45) is 2.61. The Hall–Kier alpha value is -2.64. The standard InChI is InChI=1S/C11H12N4O4/c1-7(10(17)18)5-15(11-12-6-13-14-11)9(16)8-3-2-4-19-8/h2-4,6-7H,5H2,1H3,(H,17,18)(H,12,13,14). The van der Waals surface area contributed by atoms with Crippen molar-refractivity contribution in [3.8, 4) is 0 Å². The first kappa shape index (κ1) is 12.8. The van der Waals surface area contributed by atoms with Crippen molar-refractivity contribution in [3.05, 3.63) is 30.5 Å². The molecule has 19 heavy (non-hydrogen) atoms. The lowest BCUT2D eigenvalue weighted by atomic mass is 10.1. The number of anilines is 1. The first-order chi connectivity index (χ1) is 9.09. The average molecular weight is 264 g/mol. The highest BCUT2D eigenvalue weighted by atomic mass is 16.4. The highest BCUT2D eigenvalue weighted by Crippen LogP contribution is 2.14. The Bertz CT molecular complexity index is 549. The van der Waals surface area contributed by atoms with Crippen LogP contribution in [0.4, 0.5) is 5.95 Å². The van der Waals surface area contributed by atoms with Crippen LogP contribution < -0.4 is 4.90 Å². The molecule has 8 heteroatoms. The van der Waals surface area contributed by atoms with Gasteiger partial charge in [0.2, 0.25) is 5.95 Å². The molecule has 0 bridgehead atoms. The number of amides is 1. The van der Waals surface area contributed by atoms with E-state index in [-0.39, 0.29) is 18.3 Å². The average Bonchev–Trinajstić information content (AvgIpc) is 3.06. The summed E-state index contributed by atoms with van der Waals surface area (Å²) in [6, 6.07) is 3.07. The number of carbonyl (C=O) groups excluding carboxylic acids is 1. The zero-order valence-electron chi connectivity index (χ0n) is 10.1. The molecule has 0 radical (unpaired) electrons. The molecule has 1 amide bonds. The van der Waals surface area contributed by atoms with Gasteiger partial charge in [-0.15, -0.1) is 0 Å². The summed E-state index contributed by atoms with van der Waals surface area (Å²) in [5.74, 6) is -1.95. The van der Waals surface area contributed by atoms with Gasteiger partial charge >= 0.3 is 5.97 Å². The van der Waals surface area contributed by atoms with E-state index in [1.165, 1.54) is 30.5 Å². The van der Waals surface area contributed by atoms with Gasteiger partial charge in [0, 0.05) is 6.54 Å². The van der Waals surface area contributed by atoms with E-state index >= 15 is 0 Å². The molecule has 2 N–H and O–H groups in total. The molecule has 0 aliphatic carbocycles. The number of nitrogens with zero attached hydrogens (tertiary/aromatic N) is 3. The van der Waals surface area contributed by atoms with Crippen molar-refractivity contribution in [3.63, 3.8) is 0 Å². The maximum absolute atomic E-state index is 12.2. The largest absolute Gasteiger partial charge is 0.481 e. The minimum Gasteiger partial charge on any atom is -0.481 e. The number of carboxylic acids is 1. The summed E-state index contributed by atoms with van der Waals surface area (Å²) in [4.78, 5) is 28.2. The molecule has 2 aromatic heterocycles. The van der Waals surface area contributed by atoms with Crippen LogP contribution in [-0.2, 0) is 4.79 Å². The van der Waals surface area contributed by atoms with Crippen LogP contribution >= 0.6 is 0 Å². The Labute approximate surface area is 108 Å². The number of hydrogen-bond donors (Lipinski definition) is 2. The topological polar surface area (TPSA) is 112 Å². The second kappa shape index (κ2) is 5.34. The van der Waals surface area contributed by atoms with Gasteiger partial charge in [0.15, 0.2) is 5.76 Å². The Balaban J connectivity index is 2.25.